The van der Waals surface area contributed by atoms with Gasteiger partial charge in [0.1, 0.15) is 0 Å². The van der Waals surface area contributed by atoms with Crippen molar-refractivity contribution in [3.05, 3.63) is 59.2 Å². The molecule has 1 heterocycles. The number of hydrogen-bond acceptors (Lipinski definition) is 5. The molecule has 2 aromatic carbocycles. The summed E-state index contributed by atoms with van der Waals surface area (Å²) in [6, 6.07) is 13.2. The number of benzene rings is 2. The molecule has 1 saturated heterocycles. The Hall–Kier alpha value is -2.42. The number of nitrogens with zero attached hydrogens (tertiary/aromatic N) is 2. The summed E-state index contributed by atoms with van der Waals surface area (Å²) in [7, 11) is -3.67. The minimum absolute atomic E-state index is 0.212. The standard InChI is InChI=1S/C24H33N3O4S/c1-4-20-9-10-21(18-23(20)32(29,30)27-13-15-31-16-14-27)24(28)25-11-12-26(5-2)22-8-6-7-19(3)17-22/h6-10,17-18H,4-5,11-16H2,1-3H3,(H,25,28). The molecule has 1 N–H and O–H groups in total. The predicted octanol–water partition coefficient (Wildman–Crippen LogP) is 2.83. The van der Waals surface area contributed by atoms with Gasteiger partial charge in [0.05, 0.1) is 18.1 Å². The molecule has 0 saturated carbocycles. The topological polar surface area (TPSA) is 79.0 Å². The maximum atomic E-state index is 13.2. The number of amides is 1. The van der Waals surface area contributed by atoms with Crippen LogP contribution in [0.25, 0.3) is 0 Å². The molecule has 7 nitrogen and oxygen atoms in total. The van der Waals surface area contributed by atoms with Crippen LogP contribution in [0.5, 0.6) is 0 Å². The second kappa shape index (κ2) is 10.9. The Labute approximate surface area is 191 Å². The molecule has 0 radical (unpaired) electrons. The van der Waals surface area contributed by atoms with Crippen LogP contribution in [0.2, 0.25) is 0 Å². The third kappa shape index (κ3) is 5.68. The van der Waals surface area contributed by atoms with E-state index in [1.165, 1.54) is 15.9 Å². The SMILES string of the molecule is CCc1ccc(C(=O)NCCN(CC)c2cccc(C)c2)cc1S(=O)(=O)N1CCOCC1. The van der Waals surface area contributed by atoms with Crippen LogP contribution in [0.1, 0.15) is 35.3 Å². The number of nitrogens with one attached hydrogen (secondary N) is 1. The van der Waals surface area contributed by atoms with E-state index in [-0.39, 0.29) is 10.8 Å². The molecule has 0 unspecified atom stereocenters. The number of likely N-dealkylation sites (N-methyl/N-ethyl adjacent to an activating group) is 1. The van der Waals surface area contributed by atoms with Gasteiger partial charge in [0.25, 0.3) is 5.91 Å². The minimum Gasteiger partial charge on any atom is -0.379 e. The molecular weight excluding hydrogens is 426 g/mol. The van der Waals surface area contributed by atoms with E-state index >= 15 is 0 Å². The second-order valence-corrected chi connectivity index (χ2v) is 9.77. The third-order valence-electron chi connectivity index (χ3n) is 5.71. The van der Waals surface area contributed by atoms with Crippen LogP contribution in [0, 0.1) is 6.92 Å². The van der Waals surface area contributed by atoms with Gasteiger partial charge in [0.2, 0.25) is 10.0 Å². The van der Waals surface area contributed by atoms with Crippen molar-refractivity contribution in [1.82, 2.24) is 9.62 Å². The Morgan fingerprint density at radius 3 is 2.53 bits per heavy atom. The van der Waals surface area contributed by atoms with Crippen LogP contribution < -0.4 is 10.2 Å². The molecule has 1 fully saturated rings. The molecule has 0 aromatic heterocycles. The van der Waals surface area contributed by atoms with Crippen molar-refractivity contribution in [2.24, 2.45) is 0 Å². The Balaban J connectivity index is 1.71. The van der Waals surface area contributed by atoms with Gasteiger partial charge in [-0.1, -0.05) is 25.1 Å². The average molecular weight is 460 g/mol. The van der Waals surface area contributed by atoms with Crippen molar-refractivity contribution in [1.29, 1.82) is 0 Å². The Bertz CT molecular complexity index is 1030. The summed E-state index contributed by atoms with van der Waals surface area (Å²) in [5.41, 5.74) is 3.38. The number of morpholine rings is 1. The highest BCUT2D eigenvalue weighted by molar-refractivity contribution is 7.89. The average Bonchev–Trinajstić information content (AvgIpc) is 2.81. The smallest absolute Gasteiger partial charge is 0.251 e. The van der Waals surface area contributed by atoms with Crippen LogP contribution in [-0.2, 0) is 21.2 Å². The van der Waals surface area contributed by atoms with Gasteiger partial charge in [-0.3, -0.25) is 4.79 Å². The summed E-state index contributed by atoms with van der Waals surface area (Å²) in [6.45, 7) is 9.43. The lowest BCUT2D eigenvalue weighted by Gasteiger charge is -2.27. The highest BCUT2D eigenvalue weighted by Gasteiger charge is 2.29. The molecule has 2 aromatic rings. The fraction of sp³-hybridized carbons (Fsp3) is 0.458. The maximum Gasteiger partial charge on any atom is 0.251 e. The summed E-state index contributed by atoms with van der Waals surface area (Å²) in [6.07, 6.45) is 0.572. The first kappa shape index (κ1) is 24.2. The van der Waals surface area contributed by atoms with Gasteiger partial charge in [-0.15, -0.1) is 0 Å². The normalized spacial score (nSPS) is 14.8. The Kier molecular flexibility index (Phi) is 8.28. The highest BCUT2D eigenvalue weighted by Crippen LogP contribution is 2.23. The van der Waals surface area contributed by atoms with Gasteiger partial charge < -0.3 is 15.0 Å². The number of carbonyl (C=O) groups is 1. The van der Waals surface area contributed by atoms with Crippen molar-refractivity contribution in [2.75, 3.05) is 50.8 Å². The van der Waals surface area contributed by atoms with E-state index in [0.717, 1.165) is 12.2 Å². The molecule has 174 valence electrons. The summed E-state index contributed by atoms with van der Waals surface area (Å²) in [5.74, 6) is -0.272. The number of anilines is 1. The number of ether oxygens (including phenoxy) is 1. The van der Waals surface area contributed by atoms with Gasteiger partial charge in [0.15, 0.2) is 0 Å². The van der Waals surface area contributed by atoms with E-state index in [2.05, 4.69) is 42.3 Å². The molecule has 0 bridgehead atoms. The first-order chi connectivity index (χ1) is 15.4. The van der Waals surface area contributed by atoms with E-state index in [1.54, 1.807) is 12.1 Å². The Morgan fingerprint density at radius 1 is 1.12 bits per heavy atom. The molecule has 0 spiro atoms. The number of carbonyl (C=O) groups excluding carboxylic acids is 1. The van der Waals surface area contributed by atoms with Crippen LogP contribution in [-0.4, -0.2) is 64.6 Å². The number of hydrogen-bond donors (Lipinski definition) is 1. The molecular formula is C24H33N3O4S. The largest absolute Gasteiger partial charge is 0.379 e. The zero-order valence-electron chi connectivity index (χ0n) is 19.1. The molecule has 0 atom stereocenters. The Morgan fingerprint density at radius 2 is 1.88 bits per heavy atom. The van der Waals surface area contributed by atoms with Crippen molar-refractivity contribution < 1.29 is 17.9 Å². The first-order valence-electron chi connectivity index (χ1n) is 11.2. The zero-order valence-corrected chi connectivity index (χ0v) is 20.0. The van der Waals surface area contributed by atoms with Gasteiger partial charge in [0, 0.05) is 44.0 Å². The summed E-state index contributed by atoms with van der Waals surface area (Å²) >= 11 is 0. The zero-order chi connectivity index (χ0) is 23.1. The van der Waals surface area contributed by atoms with Crippen molar-refractivity contribution >= 4 is 21.6 Å². The summed E-state index contributed by atoms with van der Waals surface area (Å²) in [5, 5.41) is 2.93. The van der Waals surface area contributed by atoms with E-state index in [9.17, 15) is 13.2 Å². The lowest BCUT2D eigenvalue weighted by atomic mass is 10.1. The molecule has 8 heteroatoms. The number of sulfonamides is 1. The lowest BCUT2D eigenvalue weighted by molar-refractivity contribution is 0.0730. The monoisotopic (exact) mass is 459 g/mol. The van der Waals surface area contributed by atoms with Crippen molar-refractivity contribution in [3.63, 3.8) is 0 Å². The van der Waals surface area contributed by atoms with Crippen molar-refractivity contribution in [2.45, 2.75) is 32.1 Å². The lowest BCUT2D eigenvalue weighted by Crippen LogP contribution is -2.41. The minimum atomic E-state index is -3.67. The quantitative estimate of drug-likeness (QED) is 0.624. The summed E-state index contributed by atoms with van der Waals surface area (Å²) < 4.78 is 33.1. The predicted molar refractivity (Wildman–Crippen MR) is 127 cm³/mol. The molecule has 32 heavy (non-hydrogen) atoms. The van der Waals surface area contributed by atoms with E-state index < -0.39 is 10.0 Å². The van der Waals surface area contributed by atoms with Gasteiger partial charge >= 0.3 is 0 Å². The highest BCUT2D eigenvalue weighted by atomic mass is 32.2. The van der Waals surface area contributed by atoms with Crippen LogP contribution in [0.3, 0.4) is 0 Å². The van der Waals surface area contributed by atoms with E-state index in [1.807, 2.05) is 13.0 Å². The fourth-order valence-corrected chi connectivity index (χ4v) is 5.58. The number of rotatable bonds is 9. The van der Waals surface area contributed by atoms with Gasteiger partial charge in [-0.25, -0.2) is 8.42 Å². The molecule has 0 aliphatic carbocycles. The molecule has 3 rings (SSSR count). The van der Waals surface area contributed by atoms with E-state index in [4.69, 9.17) is 4.74 Å². The first-order valence-corrected chi connectivity index (χ1v) is 12.6. The van der Waals surface area contributed by atoms with E-state index in [0.29, 0.717) is 56.9 Å². The maximum absolute atomic E-state index is 13.2. The van der Waals surface area contributed by atoms with Gasteiger partial charge in [-0.05, 0) is 55.7 Å². The number of aryl methyl sites for hydroxylation is 2. The molecule has 1 aliphatic heterocycles. The van der Waals surface area contributed by atoms with Crippen LogP contribution in [0.4, 0.5) is 5.69 Å². The van der Waals surface area contributed by atoms with Crippen LogP contribution >= 0.6 is 0 Å². The van der Waals surface area contributed by atoms with Gasteiger partial charge in [-0.2, -0.15) is 4.31 Å². The molecule has 1 aliphatic rings. The second-order valence-electron chi connectivity index (χ2n) is 7.87. The fourth-order valence-electron chi connectivity index (χ4n) is 3.85. The summed E-state index contributed by atoms with van der Waals surface area (Å²) in [4.78, 5) is 15.2. The van der Waals surface area contributed by atoms with Crippen molar-refractivity contribution in [3.8, 4) is 0 Å². The van der Waals surface area contributed by atoms with Crippen LogP contribution in [0.15, 0.2) is 47.4 Å². The molecule has 1 amide bonds. The third-order valence-corrected chi connectivity index (χ3v) is 7.69.